The first-order valence-electron chi connectivity index (χ1n) is 7.59. The molecular weight excluding hydrogens is 344 g/mol. The zero-order valence-electron chi connectivity index (χ0n) is 13.8. The molecule has 0 unspecified atom stereocenters. The van der Waals surface area contributed by atoms with Gasteiger partial charge in [0, 0.05) is 11.4 Å². The van der Waals surface area contributed by atoms with Gasteiger partial charge in [-0.2, -0.15) is 0 Å². The minimum Gasteiger partial charge on any atom is -0.497 e. The Morgan fingerprint density at radius 3 is 2.54 bits per heavy atom. The van der Waals surface area contributed by atoms with Gasteiger partial charge in [0.15, 0.2) is 5.11 Å². The van der Waals surface area contributed by atoms with Gasteiger partial charge in [-0.3, -0.25) is 0 Å². The third-order valence-corrected chi connectivity index (χ3v) is 4.56. The summed E-state index contributed by atoms with van der Waals surface area (Å²) >= 11 is 6.59. The summed E-state index contributed by atoms with van der Waals surface area (Å²) < 4.78 is 10.3. The van der Waals surface area contributed by atoms with Crippen LogP contribution in [0, 0.1) is 0 Å². The van der Waals surface area contributed by atoms with Gasteiger partial charge < -0.3 is 20.1 Å². The number of methoxy groups -OCH3 is 1. The van der Waals surface area contributed by atoms with Gasteiger partial charge >= 0.3 is 5.97 Å². The molecular formula is C17H20N2O3S2. The Labute approximate surface area is 151 Å². The van der Waals surface area contributed by atoms with E-state index in [0.717, 1.165) is 16.2 Å². The highest BCUT2D eigenvalue weighted by Gasteiger charge is 2.19. The van der Waals surface area contributed by atoms with Gasteiger partial charge in [-0.1, -0.05) is 0 Å². The summed E-state index contributed by atoms with van der Waals surface area (Å²) in [7, 11) is 1.63. The number of hydrogen-bond acceptors (Lipinski definition) is 5. The summed E-state index contributed by atoms with van der Waals surface area (Å²) in [4.78, 5) is 13.7. The second kappa shape index (κ2) is 8.65. The average molecular weight is 364 g/mol. The zero-order valence-corrected chi connectivity index (χ0v) is 15.5. The van der Waals surface area contributed by atoms with Crippen molar-refractivity contribution in [3.63, 3.8) is 0 Å². The lowest BCUT2D eigenvalue weighted by Gasteiger charge is -2.08. The second-order valence-electron chi connectivity index (χ2n) is 4.79. The van der Waals surface area contributed by atoms with Crippen molar-refractivity contribution in [2.24, 2.45) is 0 Å². The van der Waals surface area contributed by atoms with Crippen LogP contribution in [0.5, 0.6) is 5.75 Å². The maximum absolute atomic E-state index is 12.2. The molecule has 7 heteroatoms. The molecule has 0 saturated carbocycles. The third kappa shape index (κ3) is 4.46. The fraction of sp³-hybridized carbons (Fsp3) is 0.294. The number of nitrogens with one attached hydrogen (secondary N) is 2. The van der Waals surface area contributed by atoms with Crippen molar-refractivity contribution in [2.75, 3.05) is 25.6 Å². The number of thiocarbonyl (C=S) groups is 1. The molecule has 0 aliphatic carbocycles. The molecule has 0 saturated heterocycles. The second-order valence-corrected chi connectivity index (χ2v) is 6.25. The van der Waals surface area contributed by atoms with Gasteiger partial charge in [0.2, 0.25) is 0 Å². The SMILES string of the molecule is CCNC(=S)Nc1cc(-c2ccc(OC)cc2)sc1C(=O)OCC. The minimum atomic E-state index is -0.357. The van der Waals surface area contributed by atoms with Gasteiger partial charge in [0.1, 0.15) is 10.6 Å². The Morgan fingerprint density at radius 2 is 1.96 bits per heavy atom. The molecule has 0 radical (unpaired) electrons. The summed E-state index contributed by atoms with van der Waals surface area (Å²) in [6.45, 7) is 4.77. The van der Waals surface area contributed by atoms with E-state index in [2.05, 4.69) is 10.6 Å². The Kier molecular flexibility index (Phi) is 6.57. The number of thiophene rings is 1. The van der Waals surface area contributed by atoms with E-state index in [4.69, 9.17) is 21.7 Å². The zero-order chi connectivity index (χ0) is 17.5. The van der Waals surface area contributed by atoms with Gasteiger partial charge in [-0.05, 0) is 62.0 Å². The molecule has 24 heavy (non-hydrogen) atoms. The normalized spacial score (nSPS) is 10.1. The number of anilines is 1. The lowest BCUT2D eigenvalue weighted by atomic mass is 10.2. The maximum atomic E-state index is 12.2. The van der Waals surface area contributed by atoms with Crippen molar-refractivity contribution in [3.8, 4) is 16.2 Å². The third-order valence-electron chi connectivity index (χ3n) is 3.15. The van der Waals surface area contributed by atoms with Crippen LogP contribution >= 0.6 is 23.6 Å². The van der Waals surface area contributed by atoms with Crippen LogP contribution in [-0.4, -0.2) is 31.3 Å². The molecule has 128 valence electrons. The first-order valence-corrected chi connectivity index (χ1v) is 8.81. The van der Waals surface area contributed by atoms with E-state index in [1.54, 1.807) is 14.0 Å². The number of ether oxygens (including phenoxy) is 2. The van der Waals surface area contributed by atoms with Crippen molar-refractivity contribution < 1.29 is 14.3 Å². The van der Waals surface area contributed by atoms with Crippen LogP contribution in [0.4, 0.5) is 5.69 Å². The molecule has 2 aromatic rings. The van der Waals surface area contributed by atoms with E-state index in [9.17, 15) is 4.79 Å². The summed E-state index contributed by atoms with van der Waals surface area (Å²) in [5.74, 6) is 0.427. The Bertz CT molecular complexity index is 711. The smallest absolute Gasteiger partial charge is 0.350 e. The number of esters is 1. The van der Waals surface area contributed by atoms with Gasteiger partial charge in [0.25, 0.3) is 0 Å². The van der Waals surface area contributed by atoms with E-state index < -0.39 is 0 Å². The van der Waals surface area contributed by atoms with Crippen LogP contribution in [0.1, 0.15) is 23.5 Å². The fourth-order valence-electron chi connectivity index (χ4n) is 2.06. The quantitative estimate of drug-likeness (QED) is 0.599. The molecule has 0 bridgehead atoms. The van der Waals surface area contributed by atoms with Crippen LogP contribution in [0.25, 0.3) is 10.4 Å². The van der Waals surface area contributed by atoms with E-state index in [1.807, 2.05) is 37.3 Å². The summed E-state index contributed by atoms with van der Waals surface area (Å²) in [5, 5.41) is 6.56. The van der Waals surface area contributed by atoms with Crippen LogP contribution in [0.3, 0.4) is 0 Å². The molecule has 0 aliphatic heterocycles. The van der Waals surface area contributed by atoms with Gasteiger partial charge in [-0.25, -0.2) is 4.79 Å². The number of rotatable bonds is 6. The highest BCUT2D eigenvalue weighted by molar-refractivity contribution is 7.80. The average Bonchev–Trinajstić information content (AvgIpc) is 2.99. The molecule has 0 spiro atoms. The number of carbonyl (C=O) groups excluding carboxylic acids is 1. The van der Waals surface area contributed by atoms with Crippen LogP contribution < -0.4 is 15.4 Å². The molecule has 2 rings (SSSR count). The standard InChI is InChI=1S/C17H20N2O3S2/c1-4-18-17(23)19-13-10-14(24-15(13)16(20)22-5-2)11-6-8-12(21-3)9-7-11/h6-10H,4-5H2,1-3H3,(H2,18,19,23). The molecule has 0 atom stereocenters. The summed E-state index contributed by atoms with van der Waals surface area (Å²) in [5.41, 5.74) is 1.64. The fourth-order valence-corrected chi connectivity index (χ4v) is 3.32. The van der Waals surface area contributed by atoms with Crippen LogP contribution in [0.15, 0.2) is 30.3 Å². The van der Waals surface area contributed by atoms with Crippen molar-refractivity contribution in [1.29, 1.82) is 0 Å². The Hall–Kier alpha value is -2.12. The van der Waals surface area contributed by atoms with E-state index in [-0.39, 0.29) is 5.97 Å². The summed E-state index contributed by atoms with van der Waals surface area (Å²) in [6.07, 6.45) is 0. The molecule has 0 aliphatic rings. The van der Waals surface area contributed by atoms with E-state index in [1.165, 1.54) is 11.3 Å². The highest BCUT2D eigenvalue weighted by atomic mass is 32.1. The van der Waals surface area contributed by atoms with Crippen LogP contribution in [-0.2, 0) is 4.74 Å². The van der Waals surface area contributed by atoms with E-state index in [0.29, 0.717) is 28.8 Å². The molecule has 0 fully saturated rings. The molecule has 5 nitrogen and oxygen atoms in total. The van der Waals surface area contributed by atoms with Crippen molar-refractivity contribution in [3.05, 3.63) is 35.2 Å². The van der Waals surface area contributed by atoms with Crippen molar-refractivity contribution >= 4 is 40.3 Å². The van der Waals surface area contributed by atoms with Crippen molar-refractivity contribution in [2.45, 2.75) is 13.8 Å². The van der Waals surface area contributed by atoms with E-state index >= 15 is 0 Å². The predicted molar refractivity (Wildman–Crippen MR) is 102 cm³/mol. The molecule has 1 heterocycles. The van der Waals surface area contributed by atoms with Crippen molar-refractivity contribution in [1.82, 2.24) is 5.32 Å². The Morgan fingerprint density at radius 1 is 1.25 bits per heavy atom. The maximum Gasteiger partial charge on any atom is 0.350 e. The monoisotopic (exact) mass is 364 g/mol. The lowest BCUT2D eigenvalue weighted by Crippen LogP contribution is -2.28. The summed E-state index contributed by atoms with van der Waals surface area (Å²) in [6, 6.07) is 9.57. The largest absolute Gasteiger partial charge is 0.497 e. The minimum absolute atomic E-state index is 0.325. The highest BCUT2D eigenvalue weighted by Crippen LogP contribution is 2.36. The first-order chi connectivity index (χ1) is 11.6. The molecule has 2 N–H and O–H groups in total. The van der Waals surface area contributed by atoms with Crippen LogP contribution in [0.2, 0.25) is 0 Å². The topological polar surface area (TPSA) is 59.6 Å². The molecule has 0 amide bonds. The van der Waals surface area contributed by atoms with Gasteiger partial charge in [0.05, 0.1) is 19.4 Å². The number of carbonyl (C=O) groups is 1. The molecule has 1 aromatic carbocycles. The Balaban J connectivity index is 2.34. The van der Waals surface area contributed by atoms with Gasteiger partial charge in [-0.15, -0.1) is 11.3 Å². The lowest BCUT2D eigenvalue weighted by molar-refractivity contribution is 0.0533. The number of hydrogen-bond donors (Lipinski definition) is 2. The number of benzene rings is 1. The first kappa shape index (κ1) is 18.2. The molecule has 1 aromatic heterocycles. The predicted octanol–water partition coefficient (Wildman–Crippen LogP) is 3.91.